The van der Waals surface area contributed by atoms with Crippen molar-refractivity contribution >= 4 is 11.0 Å². The summed E-state index contributed by atoms with van der Waals surface area (Å²) in [5, 5.41) is 0. The van der Waals surface area contributed by atoms with Gasteiger partial charge in [0.25, 0.3) is 0 Å². The fraction of sp³-hybridized carbons (Fsp3) is 0.364. The number of imidazole rings is 1. The Hall–Kier alpha value is -1.31. The molecule has 1 aromatic carbocycles. The third kappa shape index (κ3) is 0.981. The molecule has 13 heavy (non-hydrogen) atoms. The van der Waals surface area contributed by atoms with Crippen molar-refractivity contribution in [1.82, 2.24) is 9.55 Å². The van der Waals surface area contributed by atoms with E-state index >= 15 is 0 Å². The average Bonchev–Trinajstić information content (AvgIpc) is 2.94. The number of para-hydroxylation sites is 2. The minimum Gasteiger partial charge on any atom is -0.331 e. The third-order valence-electron chi connectivity index (χ3n) is 2.76. The molecule has 2 heteroatoms. The highest BCUT2D eigenvalue weighted by Crippen LogP contribution is 2.40. The second-order valence-electron chi connectivity index (χ2n) is 3.79. The van der Waals surface area contributed by atoms with Gasteiger partial charge in [-0.25, -0.2) is 4.98 Å². The molecular formula is C11H12N2. The highest BCUT2D eigenvalue weighted by molar-refractivity contribution is 5.75. The van der Waals surface area contributed by atoms with Crippen molar-refractivity contribution < 1.29 is 0 Å². The Morgan fingerprint density at radius 1 is 1.31 bits per heavy atom. The van der Waals surface area contributed by atoms with Crippen molar-refractivity contribution in [3.8, 4) is 0 Å². The van der Waals surface area contributed by atoms with E-state index < -0.39 is 0 Å². The molecule has 0 saturated heterocycles. The van der Waals surface area contributed by atoms with Gasteiger partial charge in [-0.1, -0.05) is 12.1 Å². The summed E-state index contributed by atoms with van der Waals surface area (Å²) < 4.78 is 2.23. The van der Waals surface area contributed by atoms with E-state index in [0.29, 0.717) is 0 Å². The lowest BCUT2D eigenvalue weighted by atomic mass is 10.3. The lowest BCUT2D eigenvalue weighted by molar-refractivity contribution is 0.820. The van der Waals surface area contributed by atoms with E-state index in [-0.39, 0.29) is 0 Å². The Morgan fingerprint density at radius 3 is 2.77 bits per heavy atom. The molecule has 2 nitrogen and oxygen atoms in total. The summed E-state index contributed by atoms with van der Waals surface area (Å²) in [6, 6.07) is 8.34. The van der Waals surface area contributed by atoms with Crippen LogP contribution >= 0.6 is 0 Å². The molecule has 66 valence electrons. The van der Waals surface area contributed by atoms with Gasteiger partial charge in [-0.05, 0) is 25.0 Å². The summed E-state index contributed by atoms with van der Waals surface area (Å²) in [4.78, 5) is 4.64. The first-order chi connectivity index (χ1) is 6.36. The molecule has 0 aliphatic heterocycles. The fourth-order valence-corrected chi connectivity index (χ4v) is 1.87. The number of hydrogen-bond acceptors (Lipinski definition) is 1. The summed E-state index contributed by atoms with van der Waals surface area (Å²) in [5.74, 6) is 2.00. The summed E-state index contributed by atoms with van der Waals surface area (Å²) in [7, 11) is 2.11. The Balaban J connectivity index is 2.30. The van der Waals surface area contributed by atoms with Gasteiger partial charge in [0.05, 0.1) is 11.0 Å². The largest absolute Gasteiger partial charge is 0.331 e. The van der Waals surface area contributed by atoms with Gasteiger partial charge in [0.15, 0.2) is 0 Å². The summed E-state index contributed by atoms with van der Waals surface area (Å²) in [6.45, 7) is 0. The van der Waals surface area contributed by atoms with Crippen molar-refractivity contribution in [2.24, 2.45) is 7.05 Å². The molecule has 0 spiro atoms. The van der Waals surface area contributed by atoms with Crippen LogP contribution in [0, 0.1) is 0 Å². The standard InChI is InChI=1S/C11H12N2/c1-13-10-5-3-2-4-9(10)12-11(13)8-6-7-8/h2-5,8H,6-7H2,1H3. The zero-order valence-corrected chi connectivity index (χ0v) is 7.70. The van der Waals surface area contributed by atoms with E-state index in [1.165, 1.54) is 24.2 Å². The summed E-state index contributed by atoms with van der Waals surface area (Å²) >= 11 is 0. The van der Waals surface area contributed by atoms with Crippen LogP contribution in [-0.4, -0.2) is 9.55 Å². The molecule has 1 aromatic heterocycles. The number of rotatable bonds is 1. The zero-order chi connectivity index (χ0) is 8.84. The van der Waals surface area contributed by atoms with E-state index in [1.54, 1.807) is 0 Å². The molecule has 1 fully saturated rings. The summed E-state index contributed by atoms with van der Waals surface area (Å²) in [5.41, 5.74) is 2.39. The molecule has 0 bridgehead atoms. The van der Waals surface area contributed by atoms with Crippen molar-refractivity contribution in [2.45, 2.75) is 18.8 Å². The molecule has 0 amide bonds. The van der Waals surface area contributed by atoms with Gasteiger partial charge in [-0.2, -0.15) is 0 Å². The first-order valence-electron chi connectivity index (χ1n) is 4.77. The van der Waals surface area contributed by atoms with Gasteiger partial charge in [-0.3, -0.25) is 0 Å². The maximum atomic E-state index is 4.64. The molecule has 1 aliphatic rings. The Labute approximate surface area is 77.2 Å². The van der Waals surface area contributed by atoms with Crippen LogP contribution in [0.4, 0.5) is 0 Å². The highest BCUT2D eigenvalue weighted by atomic mass is 15.1. The number of fused-ring (bicyclic) bond motifs is 1. The SMILES string of the molecule is Cn1c(C2CC2)nc2ccccc21. The molecule has 2 aromatic rings. The Kier molecular flexibility index (Phi) is 1.29. The molecule has 1 saturated carbocycles. The minimum absolute atomic E-state index is 0.734. The van der Waals surface area contributed by atoms with Crippen molar-refractivity contribution in [2.75, 3.05) is 0 Å². The van der Waals surface area contributed by atoms with Gasteiger partial charge in [0.1, 0.15) is 5.82 Å². The van der Waals surface area contributed by atoms with Crippen LogP contribution in [0.15, 0.2) is 24.3 Å². The van der Waals surface area contributed by atoms with Gasteiger partial charge in [0, 0.05) is 13.0 Å². The average molecular weight is 172 g/mol. The maximum absolute atomic E-state index is 4.64. The molecule has 0 radical (unpaired) electrons. The first-order valence-corrected chi connectivity index (χ1v) is 4.77. The van der Waals surface area contributed by atoms with E-state index in [4.69, 9.17) is 0 Å². The van der Waals surface area contributed by atoms with Crippen LogP contribution in [0.3, 0.4) is 0 Å². The van der Waals surface area contributed by atoms with Crippen molar-refractivity contribution in [3.05, 3.63) is 30.1 Å². The lowest BCUT2D eigenvalue weighted by Gasteiger charge is -1.98. The van der Waals surface area contributed by atoms with Crippen LogP contribution in [0.25, 0.3) is 11.0 Å². The fourth-order valence-electron chi connectivity index (χ4n) is 1.87. The molecular weight excluding hydrogens is 160 g/mol. The smallest absolute Gasteiger partial charge is 0.112 e. The second kappa shape index (κ2) is 2.34. The number of hydrogen-bond donors (Lipinski definition) is 0. The summed E-state index contributed by atoms with van der Waals surface area (Å²) in [6.07, 6.45) is 2.63. The molecule has 3 rings (SSSR count). The van der Waals surface area contributed by atoms with Crippen LogP contribution in [0.2, 0.25) is 0 Å². The lowest BCUT2D eigenvalue weighted by Crippen LogP contribution is -1.94. The van der Waals surface area contributed by atoms with Crippen LogP contribution in [-0.2, 0) is 7.05 Å². The highest BCUT2D eigenvalue weighted by Gasteiger charge is 2.28. The van der Waals surface area contributed by atoms with Gasteiger partial charge in [-0.15, -0.1) is 0 Å². The van der Waals surface area contributed by atoms with E-state index in [0.717, 1.165) is 11.4 Å². The molecule has 0 atom stereocenters. The molecule has 0 unspecified atom stereocenters. The van der Waals surface area contributed by atoms with Crippen LogP contribution in [0.1, 0.15) is 24.6 Å². The van der Waals surface area contributed by atoms with E-state index in [9.17, 15) is 0 Å². The molecule has 1 heterocycles. The van der Waals surface area contributed by atoms with Gasteiger partial charge in [0.2, 0.25) is 0 Å². The van der Waals surface area contributed by atoms with Crippen LogP contribution in [0.5, 0.6) is 0 Å². The van der Waals surface area contributed by atoms with Gasteiger partial charge < -0.3 is 4.57 Å². The van der Waals surface area contributed by atoms with Crippen LogP contribution < -0.4 is 0 Å². The molecule has 1 aliphatic carbocycles. The number of aromatic nitrogens is 2. The first kappa shape index (κ1) is 7.13. The Bertz CT molecular complexity index is 452. The topological polar surface area (TPSA) is 17.8 Å². The maximum Gasteiger partial charge on any atom is 0.112 e. The second-order valence-corrected chi connectivity index (χ2v) is 3.79. The van der Waals surface area contributed by atoms with Crippen molar-refractivity contribution in [1.29, 1.82) is 0 Å². The Morgan fingerprint density at radius 2 is 2.08 bits per heavy atom. The number of nitrogens with zero attached hydrogens (tertiary/aromatic N) is 2. The number of benzene rings is 1. The molecule has 0 N–H and O–H groups in total. The van der Waals surface area contributed by atoms with E-state index in [2.05, 4.69) is 34.8 Å². The third-order valence-corrected chi connectivity index (χ3v) is 2.76. The predicted molar refractivity (Wildman–Crippen MR) is 52.7 cm³/mol. The van der Waals surface area contributed by atoms with Crippen molar-refractivity contribution in [3.63, 3.8) is 0 Å². The minimum atomic E-state index is 0.734. The predicted octanol–water partition coefficient (Wildman–Crippen LogP) is 2.45. The van der Waals surface area contributed by atoms with Gasteiger partial charge >= 0.3 is 0 Å². The monoisotopic (exact) mass is 172 g/mol. The zero-order valence-electron chi connectivity index (χ0n) is 7.70. The van der Waals surface area contributed by atoms with E-state index in [1.807, 2.05) is 6.07 Å². The quantitative estimate of drug-likeness (QED) is 0.646. The normalized spacial score (nSPS) is 16.7. The number of aryl methyl sites for hydroxylation is 1.